The van der Waals surface area contributed by atoms with Crippen LogP contribution in [-0.4, -0.2) is 0 Å². The first-order valence-corrected chi connectivity index (χ1v) is 7.11. The van der Waals surface area contributed by atoms with Gasteiger partial charge in [-0.2, -0.15) is 0 Å². The minimum absolute atomic E-state index is 0.132. The Balaban J connectivity index is 2.31. The third kappa shape index (κ3) is 1.57. The molecule has 0 nitrogen and oxygen atoms in total. The number of benzene rings is 4. The van der Waals surface area contributed by atoms with Crippen LogP contribution in [0, 0.1) is 5.82 Å². The summed E-state index contributed by atoms with van der Waals surface area (Å²) in [7, 11) is 2.76. The summed E-state index contributed by atoms with van der Waals surface area (Å²) in [6, 6.07) is 19.7. The second-order valence-corrected chi connectivity index (χ2v) is 5.60. The molecule has 4 rings (SSSR count). The molecule has 2 heteroatoms. The molecule has 0 bridgehead atoms. The van der Waals surface area contributed by atoms with E-state index in [2.05, 4.69) is 21.4 Å². The Labute approximate surface area is 118 Å². The number of hydrogen-bond acceptors (Lipinski definition) is 0. The molecule has 0 amide bonds. The number of fused-ring (bicyclic) bond motifs is 3. The molecule has 20 heavy (non-hydrogen) atoms. The van der Waals surface area contributed by atoms with E-state index in [1.165, 1.54) is 0 Å². The first-order valence-electron chi connectivity index (χ1n) is 6.54. The predicted octanol–water partition coefficient (Wildman–Crippen LogP) is 4.79. The van der Waals surface area contributed by atoms with Crippen molar-refractivity contribution in [2.45, 2.75) is 0 Å². The zero-order chi connectivity index (χ0) is 13.7. The van der Waals surface area contributed by atoms with Crippen molar-refractivity contribution in [2.24, 2.45) is 0 Å². The molecule has 0 aromatic heterocycles. The quantitative estimate of drug-likeness (QED) is 0.320. The van der Waals surface area contributed by atoms with E-state index in [0.717, 1.165) is 26.8 Å². The second-order valence-electron chi connectivity index (χ2n) is 5.02. The van der Waals surface area contributed by atoms with Gasteiger partial charge in [0.15, 0.2) is 0 Å². The Hall–Kier alpha value is -1.98. The molecule has 0 aliphatic carbocycles. The van der Waals surface area contributed by atoms with Crippen molar-refractivity contribution in [3.05, 3.63) is 66.5 Å². The number of rotatable bonds is 0. The van der Waals surface area contributed by atoms with Crippen molar-refractivity contribution in [3.63, 3.8) is 0 Å². The van der Waals surface area contributed by atoms with E-state index < -0.39 is 0 Å². The summed E-state index contributed by atoms with van der Waals surface area (Å²) in [6.45, 7) is 0. The van der Waals surface area contributed by atoms with Gasteiger partial charge < -0.3 is 0 Å². The summed E-state index contributed by atoms with van der Waals surface area (Å²) in [5.74, 6) is -0.132. The minimum atomic E-state index is -0.132. The molecule has 0 heterocycles. The first-order chi connectivity index (χ1) is 9.75. The van der Waals surface area contributed by atoms with Crippen LogP contribution >= 0.6 is 9.24 Å². The van der Waals surface area contributed by atoms with E-state index in [1.54, 1.807) is 0 Å². The fourth-order valence-corrected chi connectivity index (χ4v) is 3.33. The highest BCUT2D eigenvalue weighted by molar-refractivity contribution is 7.29. The fraction of sp³-hybridized carbons (Fsp3) is 0. The lowest BCUT2D eigenvalue weighted by atomic mass is 9.99. The minimum Gasteiger partial charge on any atom is -0.206 e. The second kappa shape index (κ2) is 4.26. The monoisotopic (exact) mass is 278 g/mol. The maximum Gasteiger partial charge on any atom is 0.138 e. The molecule has 0 radical (unpaired) electrons. The molecule has 96 valence electrons. The van der Waals surface area contributed by atoms with Gasteiger partial charge in [-0.3, -0.25) is 0 Å². The van der Waals surface area contributed by atoms with Crippen LogP contribution in [0.15, 0.2) is 60.7 Å². The van der Waals surface area contributed by atoms with Gasteiger partial charge in [0.2, 0.25) is 0 Å². The molecule has 4 aromatic rings. The van der Waals surface area contributed by atoms with Gasteiger partial charge in [-0.1, -0.05) is 48.5 Å². The summed E-state index contributed by atoms with van der Waals surface area (Å²) in [6.07, 6.45) is 0. The normalized spacial score (nSPS) is 11.5. The molecule has 0 spiro atoms. The third-order valence-corrected chi connectivity index (χ3v) is 4.49. The maximum atomic E-state index is 14.8. The van der Waals surface area contributed by atoms with Crippen LogP contribution in [0.4, 0.5) is 4.39 Å². The predicted molar refractivity (Wildman–Crippen MR) is 88.3 cm³/mol. The molecule has 0 aliphatic heterocycles. The van der Waals surface area contributed by atoms with Gasteiger partial charge in [-0.05, 0) is 39.0 Å². The largest absolute Gasteiger partial charge is 0.206 e. The standard InChI is InChI=1S/C18H12FP/c19-17-13-7-3-4-8-14(13)18(20)16-10-12-6-2-1-5-11(12)9-15(16)17/h1-10H,20H2. The van der Waals surface area contributed by atoms with Crippen LogP contribution < -0.4 is 5.30 Å². The number of halogens is 1. The maximum absolute atomic E-state index is 14.8. The first kappa shape index (κ1) is 11.8. The molecular weight excluding hydrogens is 266 g/mol. The van der Waals surface area contributed by atoms with E-state index in [1.807, 2.05) is 48.5 Å². The van der Waals surface area contributed by atoms with Gasteiger partial charge >= 0.3 is 0 Å². The highest BCUT2D eigenvalue weighted by atomic mass is 31.0. The van der Waals surface area contributed by atoms with Crippen LogP contribution in [0.25, 0.3) is 32.3 Å². The van der Waals surface area contributed by atoms with Crippen molar-refractivity contribution < 1.29 is 4.39 Å². The topological polar surface area (TPSA) is 0 Å². The van der Waals surface area contributed by atoms with E-state index in [9.17, 15) is 4.39 Å². The highest BCUT2D eigenvalue weighted by Crippen LogP contribution is 2.30. The Kier molecular flexibility index (Phi) is 2.52. The van der Waals surface area contributed by atoms with E-state index in [-0.39, 0.29) is 5.82 Å². The lowest BCUT2D eigenvalue weighted by Crippen LogP contribution is -1.99. The average molecular weight is 278 g/mol. The zero-order valence-corrected chi connectivity index (χ0v) is 11.9. The van der Waals surface area contributed by atoms with E-state index in [4.69, 9.17) is 0 Å². The van der Waals surface area contributed by atoms with Crippen LogP contribution in [0.5, 0.6) is 0 Å². The molecule has 0 aliphatic rings. The lowest BCUT2D eigenvalue weighted by molar-refractivity contribution is 0.651. The van der Waals surface area contributed by atoms with E-state index >= 15 is 0 Å². The molecule has 0 saturated heterocycles. The van der Waals surface area contributed by atoms with Crippen molar-refractivity contribution in [1.82, 2.24) is 0 Å². The summed E-state index contributed by atoms with van der Waals surface area (Å²) in [5, 5.41) is 6.55. The van der Waals surface area contributed by atoms with Crippen LogP contribution in [0.2, 0.25) is 0 Å². The Morgan fingerprint density at radius 2 is 1.20 bits per heavy atom. The Morgan fingerprint density at radius 1 is 0.650 bits per heavy atom. The van der Waals surface area contributed by atoms with Gasteiger partial charge in [-0.25, -0.2) is 4.39 Å². The van der Waals surface area contributed by atoms with Crippen molar-refractivity contribution in [3.8, 4) is 0 Å². The molecule has 0 fully saturated rings. The third-order valence-electron chi connectivity index (χ3n) is 3.87. The van der Waals surface area contributed by atoms with Crippen molar-refractivity contribution >= 4 is 46.9 Å². The molecule has 1 atom stereocenters. The highest BCUT2D eigenvalue weighted by Gasteiger charge is 2.11. The Morgan fingerprint density at radius 3 is 1.90 bits per heavy atom. The molecule has 0 saturated carbocycles. The van der Waals surface area contributed by atoms with E-state index in [0.29, 0.717) is 10.8 Å². The molecule has 0 N–H and O–H groups in total. The summed E-state index contributed by atoms with van der Waals surface area (Å²) >= 11 is 0. The smallest absolute Gasteiger partial charge is 0.138 e. The molecular formula is C18H12FP. The van der Waals surface area contributed by atoms with Gasteiger partial charge in [-0.15, -0.1) is 9.24 Å². The van der Waals surface area contributed by atoms with Gasteiger partial charge in [0.1, 0.15) is 5.82 Å². The number of hydrogen-bond donors (Lipinski definition) is 0. The summed E-state index contributed by atoms with van der Waals surface area (Å²) in [4.78, 5) is 0. The Bertz CT molecular complexity index is 893. The molecule has 4 aromatic carbocycles. The fourth-order valence-electron chi connectivity index (χ4n) is 2.84. The molecule has 1 unspecified atom stereocenters. The lowest BCUT2D eigenvalue weighted by Gasteiger charge is -2.10. The van der Waals surface area contributed by atoms with Crippen molar-refractivity contribution in [2.75, 3.05) is 0 Å². The van der Waals surface area contributed by atoms with Gasteiger partial charge in [0.25, 0.3) is 0 Å². The zero-order valence-electron chi connectivity index (χ0n) is 10.7. The van der Waals surface area contributed by atoms with Crippen molar-refractivity contribution in [1.29, 1.82) is 0 Å². The SMILES string of the molecule is Fc1c2ccccc2c(P)c2cc3ccccc3cc12. The summed E-state index contributed by atoms with van der Waals surface area (Å²) in [5.41, 5.74) is 0. The summed E-state index contributed by atoms with van der Waals surface area (Å²) < 4.78 is 14.8. The van der Waals surface area contributed by atoms with Gasteiger partial charge in [0.05, 0.1) is 0 Å². The van der Waals surface area contributed by atoms with Gasteiger partial charge in [0, 0.05) is 10.8 Å². The average Bonchev–Trinajstić information content (AvgIpc) is 2.51. The van der Waals surface area contributed by atoms with Crippen LogP contribution in [-0.2, 0) is 0 Å². The van der Waals surface area contributed by atoms with Crippen LogP contribution in [0.1, 0.15) is 0 Å². The van der Waals surface area contributed by atoms with Crippen LogP contribution in [0.3, 0.4) is 0 Å².